The van der Waals surface area contributed by atoms with E-state index >= 15 is 0 Å². The molecule has 11 heteroatoms. The first-order valence-corrected chi connectivity index (χ1v) is 13.3. The Bertz CT molecular complexity index is 1570. The number of oxazole rings is 1. The van der Waals surface area contributed by atoms with Gasteiger partial charge in [-0.3, -0.25) is 9.52 Å². The number of hydrogen-bond acceptors (Lipinski definition) is 8. The molecule has 3 aromatic carbocycles. The number of sulfonamides is 1. The van der Waals surface area contributed by atoms with Gasteiger partial charge in [0.15, 0.2) is 17.1 Å². The normalized spacial score (nSPS) is 15.3. The van der Waals surface area contributed by atoms with Crippen molar-refractivity contribution in [2.24, 2.45) is 0 Å². The Labute approximate surface area is 212 Å². The number of fused-ring (bicyclic) bond motifs is 2. The van der Waals surface area contributed by atoms with Crippen molar-refractivity contribution in [3.63, 3.8) is 0 Å². The summed E-state index contributed by atoms with van der Waals surface area (Å²) >= 11 is 0. The van der Waals surface area contributed by atoms with E-state index in [1.54, 1.807) is 11.0 Å². The number of ether oxygens (including phenoxy) is 2. The lowest BCUT2D eigenvalue weighted by atomic mass is 9.92. The van der Waals surface area contributed by atoms with E-state index in [2.05, 4.69) is 9.71 Å². The molecule has 2 heterocycles. The van der Waals surface area contributed by atoms with Crippen LogP contribution < -0.4 is 19.1 Å². The van der Waals surface area contributed by atoms with Crippen molar-refractivity contribution < 1.29 is 31.5 Å². The Morgan fingerprint density at radius 1 is 1.19 bits per heavy atom. The summed E-state index contributed by atoms with van der Waals surface area (Å²) in [5.74, 6) is -0.278. The third kappa shape index (κ3) is 5.21. The molecule has 1 amide bonds. The fourth-order valence-electron chi connectivity index (χ4n) is 4.36. The van der Waals surface area contributed by atoms with Gasteiger partial charge in [-0.05, 0) is 29.3 Å². The van der Waals surface area contributed by atoms with Crippen LogP contribution >= 0.6 is 0 Å². The number of carbonyl (C=O) groups is 1. The summed E-state index contributed by atoms with van der Waals surface area (Å²) in [5, 5.41) is 0. The first kappa shape index (κ1) is 24.6. The molecule has 1 aliphatic heterocycles. The first-order chi connectivity index (χ1) is 17.7. The quantitative estimate of drug-likeness (QED) is 0.390. The zero-order valence-corrected chi connectivity index (χ0v) is 20.9. The molecule has 0 aliphatic carbocycles. The van der Waals surface area contributed by atoms with Crippen molar-refractivity contribution in [2.75, 3.05) is 18.3 Å². The Morgan fingerprint density at radius 3 is 2.70 bits per heavy atom. The summed E-state index contributed by atoms with van der Waals surface area (Å²) in [7, 11) is -2.31. The van der Waals surface area contributed by atoms with Gasteiger partial charge in [-0.15, -0.1) is 0 Å². The number of rotatable bonds is 7. The maximum atomic E-state index is 13.7. The number of hydrogen-bond donors (Lipinski definition) is 1. The predicted molar refractivity (Wildman–Crippen MR) is 134 cm³/mol. The number of benzene rings is 3. The topological polar surface area (TPSA) is 111 Å². The van der Waals surface area contributed by atoms with Crippen LogP contribution in [0.3, 0.4) is 0 Å². The highest BCUT2D eigenvalue weighted by Crippen LogP contribution is 2.40. The minimum atomic E-state index is -3.84. The van der Waals surface area contributed by atoms with Crippen LogP contribution in [0.25, 0.3) is 11.1 Å². The highest BCUT2D eigenvalue weighted by atomic mass is 32.2. The molecule has 1 N–H and O–H groups in total. The lowest BCUT2D eigenvalue weighted by Gasteiger charge is -2.35. The van der Waals surface area contributed by atoms with E-state index in [1.165, 1.54) is 25.3 Å². The standard InChI is InChI=1S/C26H24FN3O6S/c1-34-22-11-8-17-14-30(26-28-20-10-9-18(27)12-23(20)36-26)21(25(31)29-37(2,32)33)13-19(17)24(22)35-15-16-6-4-3-5-7-16/h3-12,21H,13-15H2,1-2H3,(H,29,31). The molecule has 1 aliphatic rings. The molecule has 0 spiro atoms. The van der Waals surface area contributed by atoms with Crippen molar-refractivity contribution in [3.05, 3.63) is 83.2 Å². The largest absolute Gasteiger partial charge is 0.493 e. The SMILES string of the molecule is COc1ccc2c(c1OCc1ccccc1)CC(C(=O)NS(C)(=O)=O)N(c1nc3ccc(F)cc3o1)C2. The van der Waals surface area contributed by atoms with Crippen LogP contribution in [-0.4, -0.2) is 38.7 Å². The maximum absolute atomic E-state index is 13.7. The Kier molecular flexibility index (Phi) is 6.46. The van der Waals surface area contributed by atoms with Gasteiger partial charge in [0.25, 0.3) is 11.9 Å². The lowest BCUT2D eigenvalue weighted by Crippen LogP contribution is -2.51. The van der Waals surface area contributed by atoms with Gasteiger partial charge in [0.05, 0.1) is 13.4 Å². The summed E-state index contributed by atoms with van der Waals surface area (Å²) < 4.78 is 57.1. The molecular weight excluding hydrogens is 501 g/mol. The van der Waals surface area contributed by atoms with Gasteiger partial charge in [0, 0.05) is 24.6 Å². The lowest BCUT2D eigenvalue weighted by molar-refractivity contribution is -0.120. The Morgan fingerprint density at radius 2 is 1.97 bits per heavy atom. The summed E-state index contributed by atoms with van der Waals surface area (Å²) in [6.45, 7) is 0.437. The zero-order chi connectivity index (χ0) is 26.2. The highest BCUT2D eigenvalue weighted by molar-refractivity contribution is 7.89. The third-order valence-electron chi connectivity index (χ3n) is 6.06. The van der Waals surface area contributed by atoms with E-state index in [0.29, 0.717) is 22.6 Å². The molecule has 1 unspecified atom stereocenters. The first-order valence-electron chi connectivity index (χ1n) is 11.4. The number of halogens is 1. The van der Waals surface area contributed by atoms with Crippen molar-refractivity contribution >= 4 is 33.0 Å². The molecule has 0 saturated heterocycles. The molecule has 0 saturated carbocycles. The van der Waals surface area contributed by atoms with E-state index in [9.17, 15) is 17.6 Å². The molecule has 1 atom stereocenters. The molecule has 5 rings (SSSR count). The van der Waals surface area contributed by atoms with Crippen LogP contribution in [0.2, 0.25) is 0 Å². The van der Waals surface area contributed by atoms with Gasteiger partial charge >= 0.3 is 0 Å². The van der Waals surface area contributed by atoms with E-state index in [1.807, 2.05) is 36.4 Å². The molecule has 192 valence electrons. The average molecular weight is 526 g/mol. The zero-order valence-electron chi connectivity index (χ0n) is 20.1. The summed E-state index contributed by atoms with van der Waals surface area (Å²) in [5.41, 5.74) is 3.10. The number of anilines is 1. The smallest absolute Gasteiger partial charge is 0.299 e. The van der Waals surface area contributed by atoms with E-state index < -0.39 is 27.8 Å². The van der Waals surface area contributed by atoms with E-state index in [4.69, 9.17) is 13.9 Å². The average Bonchev–Trinajstić information content (AvgIpc) is 3.29. The minimum Gasteiger partial charge on any atom is -0.493 e. The molecule has 1 aromatic heterocycles. The van der Waals surface area contributed by atoms with Crippen LogP contribution in [-0.2, 0) is 34.4 Å². The second-order valence-electron chi connectivity index (χ2n) is 8.70. The highest BCUT2D eigenvalue weighted by Gasteiger charge is 2.37. The van der Waals surface area contributed by atoms with Gasteiger partial charge in [-0.2, -0.15) is 4.98 Å². The maximum Gasteiger partial charge on any atom is 0.299 e. The van der Waals surface area contributed by atoms with Gasteiger partial charge < -0.3 is 18.8 Å². The van der Waals surface area contributed by atoms with Crippen molar-refractivity contribution in [1.82, 2.24) is 9.71 Å². The van der Waals surface area contributed by atoms with Crippen LogP contribution in [0.15, 0.2) is 65.1 Å². The molecular formula is C26H24FN3O6S. The van der Waals surface area contributed by atoms with Crippen molar-refractivity contribution in [3.8, 4) is 11.5 Å². The summed E-state index contributed by atoms with van der Waals surface area (Å²) in [6, 6.07) is 16.2. The number of carbonyl (C=O) groups excluding carboxylic acids is 1. The fraction of sp³-hybridized carbons (Fsp3) is 0.231. The van der Waals surface area contributed by atoms with Gasteiger partial charge in [-0.25, -0.2) is 12.8 Å². The molecule has 0 radical (unpaired) electrons. The van der Waals surface area contributed by atoms with Crippen LogP contribution in [0.4, 0.5) is 10.4 Å². The molecule has 4 aromatic rings. The van der Waals surface area contributed by atoms with E-state index in [-0.39, 0.29) is 31.2 Å². The second kappa shape index (κ2) is 9.74. The Hall–Kier alpha value is -4.12. The summed E-state index contributed by atoms with van der Waals surface area (Å²) in [4.78, 5) is 19.2. The van der Waals surface area contributed by atoms with Crippen molar-refractivity contribution in [1.29, 1.82) is 0 Å². The van der Waals surface area contributed by atoms with Gasteiger partial charge in [0.2, 0.25) is 10.0 Å². The monoisotopic (exact) mass is 525 g/mol. The second-order valence-corrected chi connectivity index (χ2v) is 10.5. The van der Waals surface area contributed by atoms with E-state index in [0.717, 1.165) is 17.4 Å². The molecule has 0 fully saturated rings. The molecule has 37 heavy (non-hydrogen) atoms. The van der Waals surface area contributed by atoms with Gasteiger partial charge in [0.1, 0.15) is 24.0 Å². The number of methoxy groups -OCH3 is 1. The molecule has 0 bridgehead atoms. The molecule has 9 nitrogen and oxygen atoms in total. The van der Waals surface area contributed by atoms with Crippen molar-refractivity contribution in [2.45, 2.75) is 25.6 Å². The minimum absolute atomic E-state index is 0.0717. The van der Waals surface area contributed by atoms with Crippen LogP contribution in [0.5, 0.6) is 11.5 Å². The summed E-state index contributed by atoms with van der Waals surface area (Å²) in [6.07, 6.45) is 0.997. The van der Waals surface area contributed by atoms with Crippen LogP contribution in [0, 0.1) is 5.82 Å². The number of nitrogens with zero attached hydrogens (tertiary/aromatic N) is 2. The number of nitrogens with one attached hydrogen (secondary N) is 1. The predicted octanol–water partition coefficient (Wildman–Crippen LogP) is 3.56. The Balaban J connectivity index is 1.56. The third-order valence-corrected chi connectivity index (χ3v) is 6.63. The fourth-order valence-corrected chi connectivity index (χ4v) is 4.86. The number of amides is 1. The van der Waals surface area contributed by atoms with Crippen LogP contribution in [0.1, 0.15) is 16.7 Å². The number of aromatic nitrogens is 1. The van der Waals surface area contributed by atoms with Gasteiger partial charge in [-0.1, -0.05) is 36.4 Å².